The molecule has 2 aromatic carbocycles. The smallest absolute Gasteiger partial charge is 0.255 e. The van der Waals surface area contributed by atoms with Crippen molar-refractivity contribution in [2.24, 2.45) is 0 Å². The van der Waals surface area contributed by atoms with E-state index in [-0.39, 0.29) is 17.9 Å². The molecule has 2 heterocycles. The van der Waals surface area contributed by atoms with Crippen molar-refractivity contribution in [3.63, 3.8) is 0 Å². The molecule has 1 fully saturated rings. The summed E-state index contributed by atoms with van der Waals surface area (Å²) in [5, 5.41) is 6.03. The van der Waals surface area contributed by atoms with Gasteiger partial charge in [-0.3, -0.25) is 23.7 Å². The fourth-order valence-corrected chi connectivity index (χ4v) is 4.16. The van der Waals surface area contributed by atoms with Crippen LogP contribution in [0.2, 0.25) is 5.02 Å². The summed E-state index contributed by atoms with van der Waals surface area (Å²) in [4.78, 5) is 55.1. The molecule has 3 aromatic rings. The molecular formula is C27H28ClN5O4. The molecule has 37 heavy (non-hydrogen) atoms. The molecule has 1 aliphatic rings. The summed E-state index contributed by atoms with van der Waals surface area (Å²) >= 11 is 5.91. The van der Waals surface area contributed by atoms with Crippen molar-refractivity contribution >= 4 is 35.0 Å². The van der Waals surface area contributed by atoms with Crippen molar-refractivity contribution in [2.45, 2.75) is 12.5 Å². The molecule has 0 aliphatic carbocycles. The number of nitrogens with one attached hydrogen (secondary N) is 2. The number of nitrogens with zero attached hydrogens (tertiary/aromatic N) is 3. The maximum atomic E-state index is 13.3. The maximum Gasteiger partial charge on any atom is 0.255 e. The number of rotatable bonds is 7. The van der Waals surface area contributed by atoms with Gasteiger partial charge in [0.15, 0.2) is 0 Å². The number of halogens is 1. The van der Waals surface area contributed by atoms with Gasteiger partial charge in [0.2, 0.25) is 11.8 Å². The van der Waals surface area contributed by atoms with Crippen molar-refractivity contribution < 1.29 is 14.4 Å². The predicted molar refractivity (Wildman–Crippen MR) is 142 cm³/mol. The quantitative estimate of drug-likeness (QED) is 0.497. The highest BCUT2D eigenvalue weighted by atomic mass is 35.5. The van der Waals surface area contributed by atoms with Crippen LogP contribution in [-0.4, -0.2) is 71.4 Å². The average Bonchev–Trinajstić information content (AvgIpc) is 2.90. The summed E-state index contributed by atoms with van der Waals surface area (Å²) in [7, 11) is 1.98. The first-order valence-electron chi connectivity index (χ1n) is 11.9. The number of anilines is 1. The van der Waals surface area contributed by atoms with Crippen LogP contribution in [0.25, 0.3) is 5.69 Å². The van der Waals surface area contributed by atoms with Crippen LogP contribution in [0.3, 0.4) is 0 Å². The van der Waals surface area contributed by atoms with Crippen LogP contribution >= 0.6 is 11.6 Å². The number of benzene rings is 2. The third-order valence-electron chi connectivity index (χ3n) is 6.17. The molecule has 10 heteroatoms. The van der Waals surface area contributed by atoms with Gasteiger partial charge in [0, 0.05) is 60.4 Å². The first kappa shape index (κ1) is 26.1. The third kappa shape index (κ3) is 6.84. The van der Waals surface area contributed by atoms with E-state index < -0.39 is 17.9 Å². The number of amides is 3. The van der Waals surface area contributed by atoms with Crippen LogP contribution in [0.4, 0.5) is 5.69 Å². The highest BCUT2D eigenvalue weighted by Gasteiger charge is 2.30. The normalized spacial score (nSPS) is 14.6. The number of piperazine rings is 1. The Morgan fingerprint density at radius 2 is 1.59 bits per heavy atom. The van der Waals surface area contributed by atoms with Gasteiger partial charge in [0.1, 0.15) is 6.04 Å². The molecule has 192 valence electrons. The molecule has 3 amide bonds. The van der Waals surface area contributed by atoms with E-state index in [0.29, 0.717) is 48.1 Å². The van der Waals surface area contributed by atoms with Crippen LogP contribution in [0.1, 0.15) is 16.8 Å². The Bertz CT molecular complexity index is 1320. The molecule has 1 aromatic heterocycles. The van der Waals surface area contributed by atoms with Crippen molar-refractivity contribution in [2.75, 3.05) is 38.5 Å². The van der Waals surface area contributed by atoms with E-state index in [4.69, 9.17) is 11.6 Å². The first-order valence-corrected chi connectivity index (χ1v) is 12.3. The van der Waals surface area contributed by atoms with Crippen LogP contribution in [0.15, 0.2) is 77.7 Å². The maximum absolute atomic E-state index is 13.3. The molecule has 1 saturated heterocycles. The SMILES string of the molecule is CN1CCN(C(=O)C(CC(=O)Nc2ccc(Cl)cc2)NC(=O)c2ccc(-n3ccccc3=O)cc2)CC1. The van der Waals surface area contributed by atoms with Gasteiger partial charge in [-0.25, -0.2) is 0 Å². The Balaban J connectivity index is 1.48. The summed E-state index contributed by atoms with van der Waals surface area (Å²) in [5.74, 6) is -1.20. The number of hydrogen-bond acceptors (Lipinski definition) is 5. The minimum Gasteiger partial charge on any atom is -0.340 e. The van der Waals surface area contributed by atoms with Gasteiger partial charge < -0.3 is 20.4 Å². The fraction of sp³-hybridized carbons (Fsp3) is 0.259. The molecule has 1 atom stereocenters. The van der Waals surface area contributed by atoms with E-state index in [2.05, 4.69) is 15.5 Å². The summed E-state index contributed by atoms with van der Waals surface area (Å²) in [6.45, 7) is 2.45. The molecule has 0 spiro atoms. The molecule has 9 nitrogen and oxygen atoms in total. The Morgan fingerprint density at radius 3 is 2.24 bits per heavy atom. The van der Waals surface area contributed by atoms with E-state index >= 15 is 0 Å². The second kappa shape index (κ2) is 11.9. The zero-order chi connectivity index (χ0) is 26.4. The number of pyridine rings is 1. The highest BCUT2D eigenvalue weighted by molar-refractivity contribution is 6.30. The van der Waals surface area contributed by atoms with Crippen molar-refractivity contribution in [1.82, 2.24) is 19.7 Å². The fourth-order valence-electron chi connectivity index (χ4n) is 4.03. The molecule has 1 aliphatic heterocycles. The minimum atomic E-state index is -1.04. The van der Waals surface area contributed by atoms with Crippen molar-refractivity contribution in [3.8, 4) is 5.69 Å². The lowest BCUT2D eigenvalue weighted by Crippen LogP contribution is -2.55. The number of hydrogen-bond donors (Lipinski definition) is 2. The van der Waals surface area contributed by atoms with Crippen molar-refractivity contribution in [1.29, 1.82) is 0 Å². The van der Waals surface area contributed by atoms with Crippen LogP contribution < -0.4 is 16.2 Å². The van der Waals surface area contributed by atoms with Crippen molar-refractivity contribution in [3.05, 3.63) is 93.9 Å². The van der Waals surface area contributed by atoms with Gasteiger partial charge in [-0.2, -0.15) is 0 Å². The second-order valence-corrected chi connectivity index (χ2v) is 9.31. The van der Waals surface area contributed by atoms with Gasteiger partial charge in [0.25, 0.3) is 11.5 Å². The number of carbonyl (C=O) groups is 3. The lowest BCUT2D eigenvalue weighted by atomic mass is 10.1. The van der Waals surface area contributed by atoms with E-state index in [1.165, 1.54) is 10.6 Å². The summed E-state index contributed by atoms with van der Waals surface area (Å²) in [6.07, 6.45) is 1.42. The van der Waals surface area contributed by atoms with Crippen LogP contribution in [-0.2, 0) is 9.59 Å². The monoisotopic (exact) mass is 521 g/mol. The summed E-state index contributed by atoms with van der Waals surface area (Å²) < 4.78 is 1.46. The molecule has 0 radical (unpaired) electrons. The third-order valence-corrected chi connectivity index (χ3v) is 6.42. The van der Waals surface area contributed by atoms with E-state index in [9.17, 15) is 19.2 Å². The molecular weight excluding hydrogens is 494 g/mol. The topological polar surface area (TPSA) is 104 Å². The molecule has 0 bridgehead atoms. The van der Waals surface area contributed by atoms with Gasteiger partial charge in [0.05, 0.1) is 6.42 Å². The highest BCUT2D eigenvalue weighted by Crippen LogP contribution is 2.15. The second-order valence-electron chi connectivity index (χ2n) is 8.87. The Hall–Kier alpha value is -3.95. The Labute approximate surface area is 219 Å². The van der Waals surface area contributed by atoms with Gasteiger partial charge >= 0.3 is 0 Å². The minimum absolute atomic E-state index is 0.191. The Kier molecular flexibility index (Phi) is 8.37. The van der Waals surface area contributed by atoms with E-state index in [1.807, 2.05) is 7.05 Å². The lowest BCUT2D eigenvalue weighted by molar-refractivity contribution is -0.136. The standard InChI is InChI=1S/C27H28ClN5O4/c1-31-14-16-32(17-15-31)27(37)23(18-24(34)29-21-9-7-20(28)8-10-21)30-26(36)19-5-11-22(12-6-19)33-13-3-2-4-25(33)35/h2-13,23H,14-18H2,1H3,(H,29,34)(H,30,36). The zero-order valence-corrected chi connectivity index (χ0v) is 21.1. The van der Waals surface area contributed by atoms with E-state index in [0.717, 1.165) is 0 Å². The van der Waals surface area contributed by atoms with Gasteiger partial charge in [-0.05, 0) is 61.6 Å². The molecule has 4 rings (SSSR count). The van der Waals surface area contributed by atoms with Crippen LogP contribution in [0, 0.1) is 0 Å². The average molecular weight is 522 g/mol. The summed E-state index contributed by atoms with van der Waals surface area (Å²) in [5.41, 5.74) is 1.26. The van der Waals surface area contributed by atoms with E-state index in [1.54, 1.807) is 71.8 Å². The molecule has 2 N–H and O–H groups in total. The summed E-state index contributed by atoms with van der Waals surface area (Å²) in [6, 6.07) is 16.9. The van der Waals surface area contributed by atoms with Gasteiger partial charge in [-0.1, -0.05) is 17.7 Å². The predicted octanol–water partition coefficient (Wildman–Crippen LogP) is 2.39. The largest absolute Gasteiger partial charge is 0.340 e. The number of carbonyl (C=O) groups excluding carboxylic acids is 3. The Morgan fingerprint density at radius 1 is 0.919 bits per heavy atom. The molecule has 0 saturated carbocycles. The van der Waals surface area contributed by atoms with Gasteiger partial charge in [-0.15, -0.1) is 0 Å². The number of aromatic nitrogens is 1. The first-order chi connectivity index (χ1) is 17.8. The lowest BCUT2D eigenvalue weighted by Gasteiger charge is -2.34. The zero-order valence-electron chi connectivity index (χ0n) is 20.4. The molecule has 1 unspecified atom stereocenters. The van der Waals surface area contributed by atoms with Crippen LogP contribution in [0.5, 0.6) is 0 Å². The number of likely N-dealkylation sites (N-methyl/N-ethyl adjacent to an activating group) is 1.